The molecular weight excluding hydrogens is 1540 g/mol. The Balaban J connectivity index is 0.000000138. The Morgan fingerprint density at radius 3 is 0.835 bits per heavy atom. The van der Waals surface area contributed by atoms with Gasteiger partial charge in [0.15, 0.2) is 0 Å². The molecule has 0 fully saturated rings. The molecule has 8 nitrogen and oxygen atoms in total. The van der Waals surface area contributed by atoms with Crippen molar-refractivity contribution < 1.29 is 0 Å². The lowest BCUT2D eigenvalue weighted by molar-refractivity contribution is 0.749. The van der Waals surface area contributed by atoms with Crippen LogP contribution in [0.15, 0.2) is 455 Å². The van der Waals surface area contributed by atoms with Gasteiger partial charge < -0.3 is 9.13 Å². The molecule has 8 heteroatoms. The highest BCUT2D eigenvalue weighted by molar-refractivity contribution is 6.12. The molecule has 18 aromatic carbocycles. The van der Waals surface area contributed by atoms with Crippen LogP contribution in [0.3, 0.4) is 0 Å². The number of aryl methyl sites for hydroxylation is 1. The summed E-state index contributed by atoms with van der Waals surface area (Å²) in [5.74, 6) is 1.27. The number of benzene rings is 18. The Bertz CT molecular complexity index is 7950. The van der Waals surface area contributed by atoms with Gasteiger partial charge in [0.05, 0.1) is 78.4 Å². The first-order valence-electron chi connectivity index (χ1n) is 43.6. The molecule has 26 rings (SSSR count). The maximum Gasteiger partial charge on any atom is 0.235 e. The molecule has 0 unspecified atom stereocenters. The van der Waals surface area contributed by atoms with E-state index in [0.29, 0.717) is 11.9 Å². The van der Waals surface area contributed by atoms with E-state index in [1.807, 2.05) is 24.3 Å². The van der Waals surface area contributed by atoms with Crippen molar-refractivity contribution in [2.45, 2.75) is 17.8 Å². The van der Waals surface area contributed by atoms with Crippen molar-refractivity contribution in [1.82, 2.24) is 29.1 Å². The first-order chi connectivity index (χ1) is 62.9. The van der Waals surface area contributed by atoms with Crippen LogP contribution in [0, 0.1) is 6.92 Å². The Labute approximate surface area is 735 Å². The Morgan fingerprint density at radius 1 is 0.189 bits per heavy atom. The molecule has 0 radical (unpaired) electrons. The standard InChI is InChI=1S/C60H40N4.C59H38N4/c1-39-28-32-44(33-29-39)63-55-25-13-9-21-46(55)48-37-43(31-35-56(48)63)42-30-34-50-47(36-42)45-20-8-10-22-49(45)60(50)51-23-11-14-26-57(51)64(58-27-15-12-24-52(58)60)59-61-53(40-16-4-2-5-17-40)38-54(62-59)41-18-6-3-7-19-41;1-4-18-39(19-5-1)52-38-53(40-20-6-2-7-21-40)61-58(60-52)63-56-30-16-13-27-50(56)59(51-28-14-17-31-57(51)63)48-26-12-10-24-44(48)46-36-41(32-34-49(46)59)42-33-35-55-47(37-42)45-25-11-15-29-54(45)62(55)43-22-8-3-9-23-43/h2-38H,1H3;1-38H. The summed E-state index contributed by atoms with van der Waals surface area (Å²) in [7, 11) is 0. The molecule has 127 heavy (non-hydrogen) atoms. The zero-order valence-electron chi connectivity index (χ0n) is 69.4. The molecule has 594 valence electrons. The van der Waals surface area contributed by atoms with Gasteiger partial charge >= 0.3 is 0 Å². The summed E-state index contributed by atoms with van der Waals surface area (Å²) in [6, 6.07) is 165. The van der Waals surface area contributed by atoms with E-state index in [1.54, 1.807) is 0 Å². The number of para-hydroxylation sites is 7. The van der Waals surface area contributed by atoms with Gasteiger partial charge in [-0.3, -0.25) is 9.80 Å². The summed E-state index contributed by atoms with van der Waals surface area (Å²) in [6.07, 6.45) is 0. The van der Waals surface area contributed by atoms with Gasteiger partial charge in [-0.2, -0.15) is 0 Å². The molecule has 0 bridgehead atoms. The summed E-state index contributed by atoms with van der Waals surface area (Å²) in [6.45, 7) is 2.14. The molecule has 22 aromatic rings. The highest BCUT2D eigenvalue weighted by Crippen LogP contribution is 2.66. The quantitative estimate of drug-likeness (QED) is 0.136. The molecule has 2 spiro atoms. The van der Waals surface area contributed by atoms with Crippen LogP contribution in [0.5, 0.6) is 0 Å². The average Bonchev–Trinajstić information content (AvgIpc) is 1.56. The topological polar surface area (TPSA) is 67.9 Å². The zero-order valence-corrected chi connectivity index (χ0v) is 69.4. The van der Waals surface area contributed by atoms with E-state index < -0.39 is 10.8 Å². The van der Waals surface area contributed by atoms with Crippen molar-refractivity contribution in [2.75, 3.05) is 9.80 Å². The van der Waals surface area contributed by atoms with Crippen LogP contribution in [0.4, 0.5) is 34.6 Å². The molecule has 0 atom stereocenters. The fourth-order valence-corrected chi connectivity index (χ4v) is 21.2. The van der Waals surface area contributed by atoms with E-state index in [-0.39, 0.29) is 0 Å². The molecule has 0 saturated heterocycles. The highest BCUT2D eigenvalue weighted by Gasteiger charge is 2.54. The van der Waals surface area contributed by atoms with Crippen LogP contribution in [-0.2, 0) is 10.8 Å². The van der Waals surface area contributed by atoms with Gasteiger partial charge in [0, 0.05) is 55.2 Å². The SMILES string of the molecule is Cc1ccc(-n2c3ccccc3c3cc(-c4ccc5c(c4)-c4ccccc4C54c5ccccc5N(c5nc(-c6ccccc6)cc(-c6ccccc6)n5)c5ccccc54)ccc32)cc1.c1ccc(-c2cc(-c3ccccc3)nc(N3c4ccccc4C4(c5ccccc5-c5cc(-c6ccc7c(c6)c6ccccc6n7-c6ccccc6)ccc54)c4ccccc43)n2)cc1. The molecule has 6 heterocycles. The normalized spacial score (nSPS) is 13.2. The second-order valence-corrected chi connectivity index (χ2v) is 33.5. The first-order valence-corrected chi connectivity index (χ1v) is 43.6. The van der Waals surface area contributed by atoms with E-state index in [1.165, 1.54) is 144 Å². The number of aromatic nitrogens is 6. The molecule has 4 aromatic heterocycles. The Hall–Kier alpha value is -16.7. The number of nitrogens with zero attached hydrogens (tertiary/aromatic N) is 8. The molecule has 0 saturated carbocycles. The third kappa shape index (κ3) is 11.3. The number of hydrogen-bond donors (Lipinski definition) is 0. The lowest BCUT2D eigenvalue weighted by atomic mass is 9.64. The molecular formula is C119H78N8. The van der Waals surface area contributed by atoms with Gasteiger partial charge in [0.2, 0.25) is 11.9 Å². The van der Waals surface area contributed by atoms with E-state index in [0.717, 1.165) is 73.5 Å². The second-order valence-electron chi connectivity index (χ2n) is 33.5. The molecule has 0 amide bonds. The van der Waals surface area contributed by atoms with Gasteiger partial charge in [0.1, 0.15) is 0 Å². The summed E-state index contributed by atoms with van der Waals surface area (Å²) in [4.78, 5) is 26.1. The maximum absolute atomic E-state index is 5.38. The minimum Gasteiger partial charge on any atom is -0.309 e. The highest BCUT2D eigenvalue weighted by atomic mass is 15.3. The van der Waals surface area contributed by atoms with E-state index in [2.05, 4.69) is 457 Å². The van der Waals surface area contributed by atoms with Gasteiger partial charge in [-0.05, 0) is 205 Å². The lowest BCUT2D eigenvalue weighted by Crippen LogP contribution is -2.36. The van der Waals surface area contributed by atoms with Gasteiger partial charge in [-0.25, -0.2) is 19.9 Å². The smallest absolute Gasteiger partial charge is 0.235 e. The summed E-state index contributed by atoms with van der Waals surface area (Å²) in [5.41, 5.74) is 38.9. The van der Waals surface area contributed by atoms with Crippen molar-refractivity contribution in [2.24, 2.45) is 0 Å². The minimum absolute atomic E-state index is 0.583. The fourth-order valence-electron chi connectivity index (χ4n) is 21.2. The average molecular weight is 1620 g/mol. The van der Waals surface area contributed by atoms with Crippen LogP contribution in [0.1, 0.15) is 50.1 Å². The van der Waals surface area contributed by atoms with Crippen LogP contribution in [0.2, 0.25) is 0 Å². The minimum atomic E-state index is -0.584. The summed E-state index contributed by atoms with van der Waals surface area (Å²) in [5, 5.41) is 4.99. The predicted octanol–water partition coefficient (Wildman–Crippen LogP) is 29.8. The van der Waals surface area contributed by atoms with E-state index >= 15 is 0 Å². The molecule has 4 aliphatic rings. The molecule has 2 aliphatic carbocycles. The largest absolute Gasteiger partial charge is 0.309 e. The number of fused-ring (bicyclic) bond motifs is 24. The third-order valence-electron chi connectivity index (χ3n) is 26.7. The first kappa shape index (κ1) is 73.1. The van der Waals surface area contributed by atoms with Gasteiger partial charge in [-0.1, -0.05) is 351 Å². The summed E-state index contributed by atoms with van der Waals surface area (Å²) < 4.78 is 4.77. The maximum atomic E-state index is 5.38. The monoisotopic (exact) mass is 1620 g/mol. The third-order valence-corrected chi connectivity index (χ3v) is 26.7. The van der Waals surface area contributed by atoms with Crippen molar-refractivity contribution in [1.29, 1.82) is 0 Å². The number of hydrogen-bond acceptors (Lipinski definition) is 6. The van der Waals surface area contributed by atoms with Crippen LogP contribution in [0.25, 0.3) is 145 Å². The molecule has 2 aliphatic heterocycles. The van der Waals surface area contributed by atoms with E-state index in [9.17, 15) is 0 Å². The number of rotatable bonds is 10. The van der Waals surface area contributed by atoms with Crippen LogP contribution >= 0.6 is 0 Å². The van der Waals surface area contributed by atoms with Crippen LogP contribution in [-0.4, -0.2) is 29.1 Å². The fraction of sp³-hybridized carbons (Fsp3) is 0.0252. The van der Waals surface area contributed by atoms with E-state index in [4.69, 9.17) is 19.9 Å². The number of anilines is 6. The molecule has 0 N–H and O–H groups in total. The predicted molar refractivity (Wildman–Crippen MR) is 521 cm³/mol. The van der Waals surface area contributed by atoms with Gasteiger partial charge in [-0.15, -0.1) is 0 Å². The van der Waals surface area contributed by atoms with Crippen molar-refractivity contribution in [3.8, 4) is 101 Å². The lowest BCUT2D eigenvalue weighted by Gasteiger charge is -2.44. The van der Waals surface area contributed by atoms with Crippen molar-refractivity contribution >= 4 is 78.3 Å². The summed E-state index contributed by atoms with van der Waals surface area (Å²) >= 11 is 0. The Morgan fingerprint density at radius 2 is 0.465 bits per heavy atom. The van der Waals surface area contributed by atoms with Crippen LogP contribution < -0.4 is 9.80 Å². The van der Waals surface area contributed by atoms with Crippen molar-refractivity contribution in [3.05, 3.63) is 505 Å². The second kappa shape index (κ2) is 29.3. The zero-order chi connectivity index (χ0) is 83.8. The van der Waals surface area contributed by atoms with Gasteiger partial charge in [0.25, 0.3) is 0 Å². The van der Waals surface area contributed by atoms with Crippen molar-refractivity contribution in [3.63, 3.8) is 0 Å². The Kier molecular flexibility index (Phi) is 16.8.